The number of nitrogens with zero attached hydrogens (tertiary/aromatic N) is 2. The summed E-state index contributed by atoms with van der Waals surface area (Å²) in [6, 6.07) is 1.03. The number of aliphatic hydroxyl groups is 1. The first-order chi connectivity index (χ1) is 18.5. The van der Waals surface area contributed by atoms with E-state index in [0.717, 1.165) is 71.3 Å². The highest BCUT2D eigenvalue weighted by Gasteiger charge is 2.42. The fraction of sp³-hybridized carbons (Fsp3) is 0.964. The number of alkyl halides is 1. The monoisotopic (exact) mass is 554 g/mol. The lowest BCUT2D eigenvalue weighted by atomic mass is 9.73. The van der Waals surface area contributed by atoms with E-state index in [0.29, 0.717) is 37.0 Å². The average Bonchev–Trinajstić information content (AvgIpc) is 3.58. The van der Waals surface area contributed by atoms with Crippen LogP contribution in [0.5, 0.6) is 0 Å². The van der Waals surface area contributed by atoms with Crippen LogP contribution in [0.1, 0.15) is 64.2 Å². The molecule has 38 heavy (non-hydrogen) atoms. The Bertz CT molecular complexity index is 758. The first kappa shape index (κ1) is 29.0. The van der Waals surface area contributed by atoms with Gasteiger partial charge >= 0.3 is 0 Å². The minimum Gasteiger partial charge on any atom is -0.390 e. The van der Waals surface area contributed by atoms with Crippen molar-refractivity contribution >= 4 is 17.5 Å². The van der Waals surface area contributed by atoms with Gasteiger partial charge in [-0.05, 0) is 76.3 Å². The van der Waals surface area contributed by atoms with Crippen LogP contribution in [0.15, 0.2) is 0 Å². The van der Waals surface area contributed by atoms with Gasteiger partial charge in [0.25, 0.3) is 0 Å². The van der Waals surface area contributed by atoms with Crippen molar-refractivity contribution in [1.29, 1.82) is 0 Å². The fourth-order valence-corrected chi connectivity index (χ4v) is 8.08. The van der Waals surface area contributed by atoms with Crippen molar-refractivity contribution in [1.82, 2.24) is 31.3 Å². The molecule has 2 aliphatic carbocycles. The van der Waals surface area contributed by atoms with Crippen LogP contribution in [-0.2, 0) is 9.53 Å². The second-order valence-electron chi connectivity index (χ2n) is 12.6. The van der Waals surface area contributed by atoms with Crippen LogP contribution in [-0.4, -0.2) is 110 Å². The number of carbonyl (C=O) groups excluding carboxylic acids is 1. The number of fused-ring (bicyclic) bond motifs is 1. The van der Waals surface area contributed by atoms with Crippen molar-refractivity contribution < 1.29 is 14.6 Å². The van der Waals surface area contributed by atoms with Gasteiger partial charge in [-0.15, -0.1) is 11.6 Å². The molecular formula is C28H51ClN6O3. The summed E-state index contributed by atoms with van der Waals surface area (Å²) in [5.41, 5.74) is 3.35. The number of likely N-dealkylation sites (tertiary alicyclic amines) is 1. The first-order valence-electron chi connectivity index (χ1n) is 15.4. The third kappa shape index (κ3) is 7.60. The summed E-state index contributed by atoms with van der Waals surface area (Å²) in [6.45, 7) is 5.48. The molecule has 5 fully saturated rings. The lowest BCUT2D eigenvalue weighted by Crippen LogP contribution is -2.54. The second kappa shape index (κ2) is 13.9. The van der Waals surface area contributed by atoms with Crippen molar-refractivity contribution in [2.75, 3.05) is 52.9 Å². The molecule has 3 aliphatic heterocycles. The predicted molar refractivity (Wildman–Crippen MR) is 150 cm³/mol. The molecule has 218 valence electrons. The minimum atomic E-state index is -0.548. The molecule has 3 heterocycles. The van der Waals surface area contributed by atoms with Gasteiger partial charge in [0.05, 0.1) is 30.4 Å². The minimum absolute atomic E-state index is 0.0153. The number of amides is 1. The van der Waals surface area contributed by atoms with Gasteiger partial charge in [0.2, 0.25) is 5.91 Å². The molecule has 8 atom stereocenters. The topological polar surface area (TPSA) is 101 Å². The Labute approximate surface area is 234 Å². The molecule has 9 nitrogen and oxygen atoms in total. The molecular weight excluding hydrogens is 504 g/mol. The number of nitrogens with one attached hydrogen (secondary N) is 4. The fourth-order valence-electron chi connectivity index (χ4n) is 7.55. The number of hydrazine groups is 1. The van der Waals surface area contributed by atoms with Gasteiger partial charge in [0, 0.05) is 51.2 Å². The number of halogens is 1. The van der Waals surface area contributed by atoms with Gasteiger partial charge in [0.15, 0.2) is 0 Å². The van der Waals surface area contributed by atoms with E-state index in [-0.39, 0.29) is 29.5 Å². The summed E-state index contributed by atoms with van der Waals surface area (Å²) >= 11 is 6.97. The van der Waals surface area contributed by atoms with E-state index in [4.69, 9.17) is 16.3 Å². The van der Waals surface area contributed by atoms with E-state index in [1.807, 2.05) is 0 Å². The summed E-state index contributed by atoms with van der Waals surface area (Å²) in [5, 5.41) is 23.3. The summed E-state index contributed by atoms with van der Waals surface area (Å²) in [7, 11) is 2.09. The van der Waals surface area contributed by atoms with E-state index >= 15 is 0 Å². The van der Waals surface area contributed by atoms with Crippen molar-refractivity contribution in [2.24, 2.45) is 17.8 Å². The van der Waals surface area contributed by atoms with Crippen molar-refractivity contribution in [3.63, 3.8) is 0 Å². The number of rotatable bonds is 10. The average molecular weight is 555 g/mol. The van der Waals surface area contributed by atoms with Crippen molar-refractivity contribution in [3.8, 4) is 0 Å². The van der Waals surface area contributed by atoms with Crippen LogP contribution >= 0.6 is 11.6 Å². The molecule has 0 radical (unpaired) electrons. The zero-order chi connectivity index (χ0) is 26.5. The Morgan fingerprint density at radius 3 is 2.76 bits per heavy atom. The van der Waals surface area contributed by atoms with Gasteiger partial charge in [-0.2, -0.15) is 0 Å². The van der Waals surface area contributed by atoms with Crippen LogP contribution in [0.25, 0.3) is 0 Å². The summed E-state index contributed by atoms with van der Waals surface area (Å²) in [6.07, 6.45) is 10.9. The van der Waals surface area contributed by atoms with E-state index in [2.05, 4.69) is 38.3 Å². The summed E-state index contributed by atoms with van der Waals surface area (Å²) in [4.78, 5) is 15.2. The quantitative estimate of drug-likeness (QED) is 0.257. The SMILES string of the molecule is CN1NCCC1COC1CCC2CN(C[C@@H](O)CNC(=O)C3CCNC(NC4CCCC4)C3)CCC2C1Cl. The second-order valence-corrected chi connectivity index (χ2v) is 13.1. The largest absolute Gasteiger partial charge is 0.390 e. The van der Waals surface area contributed by atoms with Crippen LogP contribution < -0.4 is 21.4 Å². The Morgan fingerprint density at radius 2 is 1.97 bits per heavy atom. The van der Waals surface area contributed by atoms with Crippen LogP contribution in [0.4, 0.5) is 0 Å². The van der Waals surface area contributed by atoms with E-state index in [1.165, 1.54) is 25.7 Å². The van der Waals surface area contributed by atoms with Crippen molar-refractivity contribution in [3.05, 3.63) is 0 Å². The normalized spacial score (nSPS) is 38.2. The zero-order valence-electron chi connectivity index (χ0n) is 23.3. The van der Waals surface area contributed by atoms with E-state index in [1.54, 1.807) is 0 Å². The Kier molecular flexibility index (Phi) is 10.6. The smallest absolute Gasteiger partial charge is 0.223 e. The number of hydrogen-bond donors (Lipinski definition) is 5. The van der Waals surface area contributed by atoms with Gasteiger partial charge < -0.3 is 25.4 Å². The lowest BCUT2D eigenvalue weighted by Gasteiger charge is -2.46. The third-order valence-electron chi connectivity index (χ3n) is 9.90. The maximum atomic E-state index is 12.9. The van der Waals surface area contributed by atoms with Gasteiger partial charge in [-0.1, -0.05) is 12.8 Å². The Morgan fingerprint density at radius 1 is 1.13 bits per heavy atom. The molecule has 2 saturated carbocycles. The van der Waals surface area contributed by atoms with E-state index < -0.39 is 6.10 Å². The zero-order valence-corrected chi connectivity index (χ0v) is 24.0. The summed E-state index contributed by atoms with van der Waals surface area (Å²) < 4.78 is 6.32. The standard InChI is InChI=1S/C28H51ClN6O3/c1-34-22(9-12-32-34)18-38-25-7-6-20-16-35(13-10-24(20)27(25)29)17-23(36)15-31-28(37)19-8-11-30-26(14-19)33-21-4-2-3-5-21/h19-27,30,32-33,36H,2-18H2,1H3,(H,31,37)/t19?,20?,22?,23-,24?,25?,26?,27?/m0/s1. The molecule has 5 N–H and O–H groups in total. The van der Waals surface area contributed by atoms with Crippen LogP contribution in [0, 0.1) is 17.8 Å². The number of piperidine rings is 2. The molecule has 1 amide bonds. The number of ether oxygens (including phenoxy) is 1. The molecule has 5 rings (SSSR count). The molecule has 5 aliphatic rings. The van der Waals surface area contributed by atoms with Gasteiger partial charge in [0.1, 0.15) is 0 Å². The molecule has 0 aromatic heterocycles. The van der Waals surface area contributed by atoms with Crippen LogP contribution in [0.2, 0.25) is 0 Å². The predicted octanol–water partition coefficient (Wildman–Crippen LogP) is 1.25. The summed E-state index contributed by atoms with van der Waals surface area (Å²) in [5.74, 6) is 1.14. The third-order valence-corrected chi connectivity index (χ3v) is 10.5. The van der Waals surface area contributed by atoms with Crippen LogP contribution in [0.3, 0.4) is 0 Å². The number of likely N-dealkylation sites (N-methyl/N-ethyl adjacent to an activating group) is 1. The number of hydrogen-bond acceptors (Lipinski definition) is 8. The highest BCUT2D eigenvalue weighted by Crippen LogP contribution is 2.40. The number of aliphatic hydroxyl groups excluding tert-OH is 1. The molecule has 3 saturated heterocycles. The highest BCUT2D eigenvalue weighted by molar-refractivity contribution is 6.21. The highest BCUT2D eigenvalue weighted by atomic mass is 35.5. The lowest BCUT2D eigenvalue weighted by molar-refractivity contribution is -0.126. The molecule has 0 spiro atoms. The van der Waals surface area contributed by atoms with E-state index in [9.17, 15) is 9.90 Å². The van der Waals surface area contributed by atoms with Gasteiger partial charge in [-0.3, -0.25) is 15.5 Å². The molecule has 0 bridgehead atoms. The maximum Gasteiger partial charge on any atom is 0.223 e. The first-order valence-corrected chi connectivity index (χ1v) is 15.8. The maximum absolute atomic E-state index is 12.9. The van der Waals surface area contributed by atoms with Gasteiger partial charge in [-0.25, -0.2) is 5.01 Å². The van der Waals surface area contributed by atoms with Crippen molar-refractivity contribution in [2.45, 2.75) is 100 Å². The molecule has 0 aromatic carbocycles. The molecule has 7 unspecified atom stereocenters. The molecule has 10 heteroatoms. The number of β-amino-alcohol motifs (C(OH)–C–C–N with tert-alkyl or cyclic N) is 1. The Hall–Kier alpha value is -0.520. The Balaban J connectivity index is 0.991. The molecule has 0 aromatic rings. The number of carbonyl (C=O) groups is 1.